The van der Waals surface area contributed by atoms with E-state index in [9.17, 15) is 0 Å². The van der Waals surface area contributed by atoms with Crippen LogP contribution < -0.4 is 9.80 Å². The molecule has 6 aromatic rings. The van der Waals surface area contributed by atoms with E-state index in [1.54, 1.807) is 0 Å². The lowest BCUT2D eigenvalue weighted by atomic mass is 9.91. The summed E-state index contributed by atoms with van der Waals surface area (Å²) in [6.45, 7) is 0. The number of hydrogen-bond donors (Lipinski definition) is 0. The van der Waals surface area contributed by atoms with Gasteiger partial charge in [0.25, 0.3) is 0 Å². The van der Waals surface area contributed by atoms with E-state index in [0.717, 1.165) is 17.1 Å². The van der Waals surface area contributed by atoms with Crippen LogP contribution >= 0.6 is 0 Å². The second-order valence-corrected chi connectivity index (χ2v) is 11.0. The molecule has 0 spiro atoms. The highest BCUT2D eigenvalue weighted by atomic mass is 15.2. The topological polar surface area (TPSA) is 6.48 Å². The molecule has 0 radical (unpaired) electrons. The third-order valence-corrected chi connectivity index (χ3v) is 8.59. The maximum atomic E-state index is 2.48. The van der Waals surface area contributed by atoms with E-state index in [1.807, 2.05) is 0 Å². The van der Waals surface area contributed by atoms with Crippen LogP contribution in [0.15, 0.2) is 170 Å². The fourth-order valence-corrected chi connectivity index (χ4v) is 6.64. The van der Waals surface area contributed by atoms with Crippen molar-refractivity contribution in [3.8, 4) is 11.1 Å². The van der Waals surface area contributed by atoms with E-state index < -0.39 is 0 Å². The molecular weight excluding hydrogens is 508 g/mol. The molecule has 0 aromatic heterocycles. The summed E-state index contributed by atoms with van der Waals surface area (Å²) in [4.78, 5) is 4.82. The first-order chi connectivity index (χ1) is 20.8. The zero-order valence-electron chi connectivity index (χ0n) is 23.2. The van der Waals surface area contributed by atoms with Crippen molar-refractivity contribution in [3.05, 3.63) is 175 Å². The van der Waals surface area contributed by atoms with Crippen molar-refractivity contribution >= 4 is 39.2 Å². The first-order valence-electron chi connectivity index (χ1n) is 14.6. The maximum absolute atomic E-state index is 2.48. The number of nitrogens with zero attached hydrogens (tertiary/aromatic N) is 2. The number of para-hydroxylation sites is 2. The Morgan fingerprint density at radius 1 is 0.500 bits per heavy atom. The van der Waals surface area contributed by atoms with Crippen LogP contribution in [0.5, 0.6) is 0 Å². The Morgan fingerprint density at radius 3 is 1.98 bits per heavy atom. The Hall–Kier alpha value is -5.34. The van der Waals surface area contributed by atoms with Crippen LogP contribution in [0.3, 0.4) is 0 Å². The van der Waals surface area contributed by atoms with E-state index in [0.29, 0.717) is 12.0 Å². The zero-order chi connectivity index (χ0) is 27.9. The number of hydrogen-bond acceptors (Lipinski definition) is 2. The minimum atomic E-state index is 0.296. The van der Waals surface area contributed by atoms with E-state index >= 15 is 0 Å². The molecule has 2 nitrogen and oxygen atoms in total. The van der Waals surface area contributed by atoms with Crippen LogP contribution in [0.4, 0.5) is 28.4 Å². The van der Waals surface area contributed by atoms with E-state index in [4.69, 9.17) is 0 Å². The fraction of sp³-hybridized carbons (Fsp3) is 0.0500. The van der Waals surface area contributed by atoms with Gasteiger partial charge in [0.1, 0.15) is 0 Å². The van der Waals surface area contributed by atoms with Crippen LogP contribution in [-0.4, -0.2) is 6.04 Å². The van der Waals surface area contributed by atoms with Gasteiger partial charge in [-0.05, 0) is 82.1 Å². The molecule has 0 bridgehead atoms. The van der Waals surface area contributed by atoms with Gasteiger partial charge in [0.2, 0.25) is 0 Å². The van der Waals surface area contributed by atoms with Crippen LogP contribution in [0.2, 0.25) is 0 Å². The first kappa shape index (κ1) is 24.5. The lowest BCUT2D eigenvalue weighted by molar-refractivity contribution is 0.745. The lowest BCUT2D eigenvalue weighted by Crippen LogP contribution is -2.28. The number of anilines is 5. The Morgan fingerprint density at radius 2 is 1.14 bits per heavy atom. The van der Waals surface area contributed by atoms with E-state index in [1.165, 1.54) is 38.8 Å². The summed E-state index contributed by atoms with van der Waals surface area (Å²) in [5.74, 6) is 0.381. The summed E-state index contributed by atoms with van der Waals surface area (Å²) in [6.07, 6.45) is 9.00. The Labute approximate surface area is 247 Å². The molecule has 2 unspecified atom stereocenters. The normalized spacial score (nSPS) is 16.8. The smallest absolute Gasteiger partial charge is 0.0629 e. The second-order valence-electron chi connectivity index (χ2n) is 11.0. The Kier molecular flexibility index (Phi) is 5.97. The minimum Gasteiger partial charge on any atom is -0.333 e. The molecule has 1 aliphatic heterocycles. The molecule has 0 saturated carbocycles. The quantitative estimate of drug-likeness (QED) is 0.215. The predicted octanol–water partition coefficient (Wildman–Crippen LogP) is 10.7. The number of allylic oxidation sites excluding steroid dienone is 2. The molecule has 2 heteroatoms. The van der Waals surface area contributed by atoms with Crippen LogP contribution in [0, 0.1) is 0 Å². The van der Waals surface area contributed by atoms with E-state index in [2.05, 4.69) is 180 Å². The molecule has 0 fully saturated rings. The summed E-state index contributed by atoms with van der Waals surface area (Å²) in [6, 6.07) is 52.8. The number of rotatable bonds is 5. The molecule has 42 heavy (non-hydrogen) atoms. The van der Waals surface area contributed by atoms with Crippen molar-refractivity contribution in [3.63, 3.8) is 0 Å². The second kappa shape index (κ2) is 10.2. The van der Waals surface area contributed by atoms with E-state index in [-0.39, 0.29) is 0 Å². The van der Waals surface area contributed by atoms with Crippen molar-refractivity contribution in [2.24, 2.45) is 0 Å². The molecule has 8 rings (SSSR count). The average Bonchev–Trinajstić information content (AvgIpc) is 3.40. The standard InChI is InChI=1S/C40H30N2/c1-2-13-31(14-3-1)41(32-23-21-30(22-24-32)36-18-10-12-29-11-4-5-15-35(29)36)33-25-27-34(28-26-33)42-39-19-8-6-16-37(39)38-17-7-9-20-40(38)42/h1-28,37,39H. The molecular formula is C40H30N2. The summed E-state index contributed by atoms with van der Waals surface area (Å²) < 4.78 is 0. The van der Waals surface area contributed by atoms with Gasteiger partial charge in [-0.1, -0.05) is 115 Å². The Balaban J connectivity index is 1.16. The molecule has 0 N–H and O–H groups in total. The van der Waals surface area contributed by atoms with Crippen molar-refractivity contribution in [1.82, 2.24) is 0 Å². The van der Waals surface area contributed by atoms with Crippen LogP contribution in [0.1, 0.15) is 11.5 Å². The number of fused-ring (bicyclic) bond motifs is 4. The highest BCUT2D eigenvalue weighted by Gasteiger charge is 2.36. The van der Waals surface area contributed by atoms with Gasteiger partial charge in [0.15, 0.2) is 0 Å². The van der Waals surface area contributed by atoms with Gasteiger partial charge in [-0.15, -0.1) is 0 Å². The van der Waals surface area contributed by atoms with Crippen molar-refractivity contribution in [2.75, 3.05) is 9.80 Å². The molecule has 0 amide bonds. The lowest BCUT2D eigenvalue weighted by Gasteiger charge is -2.30. The molecule has 1 aliphatic carbocycles. The Bertz CT molecular complexity index is 1930. The average molecular weight is 539 g/mol. The molecule has 200 valence electrons. The van der Waals surface area contributed by atoms with Gasteiger partial charge in [0, 0.05) is 34.4 Å². The number of benzene rings is 6. The zero-order valence-corrected chi connectivity index (χ0v) is 23.2. The van der Waals surface area contributed by atoms with Crippen molar-refractivity contribution in [1.29, 1.82) is 0 Å². The summed E-state index contributed by atoms with van der Waals surface area (Å²) in [5.41, 5.74) is 9.76. The van der Waals surface area contributed by atoms with Gasteiger partial charge in [0.05, 0.1) is 6.04 Å². The summed E-state index contributed by atoms with van der Waals surface area (Å²) >= 11 is 0. The SMILES string of the molecule is C1=CC2c3ccccc3N(c3ccc(N(c4ccccc4)c4ccc(-c5cccc6ccccc56)cc4)cc3)C2C=C1. The summed E-state index contributed by atoms with van der Waals surface area (Å²) in [7, 11) is 0. The van der Waals surface area contributed by atoms with Gasteiger partial charge in [-0.2, -0.15) is 0 Å². The van der Waals surface area contributed by atoms with Gasteiger partial charge >= 0.3 is 0 Å². The first-order valence-corrected chi connectivity index (χ1v) is 14.6. The molecule has 0 saturated heterocycles. The van der Waals surface area contributed by atoms with Gasteiger partial charge in [-0.25, -0.2) is 0 Å². The summed E-state index contributed by atoms with van der Waals surface area (Å²) in [5, 5.41) is 2.54. The van der Waals surface area contributed by atoms with Crippen LogP contribution in [0.25, 0.3) is 21.9 Å². The molecule has 2 aliphatic rings. The highest BCUT2D eigenvalue weighted by molar-refractivity contribution is 5.97. The molecule has 1 heterocycles. The van der Waals surface area contributed by atoms with Gasteiger partial charge < -0.3 is 9.80 Å². The third-order valence-electron chi connectivity index (χ3n) is 8.59. The van der Waals surface area contributed by atoms with Crippen molar-refractivity contribution < 1.29 is 0 Å². The molecule has 2 atom stereocenters. The molecule has 6 aromatic carbocycles. The van der Waals surface area contributed by atoms with Gasteiger partial charge in [-0.3, -0.25) is 0 Å². The predicted molar refractivity (Wildman–Crippen MR) is 177 cm³/mol. The highest BCUT2D eigenvalue weighted by Crippen LogP contribution is 2.48. The monoisotopic (exact) mass is 538 g/mol. The fourth-order valence-electron chi connectivity index (χ4n) is 6.64. The maximum Gasteiger partial charge on any atom is 0.0629 e. The largest absolute Gasteiger partial charge is 0.333 e. The third kappa shape index (κ3) is 4.12. The van der Waals surface area contributed by atoms with Crippen molar-refractivity contribution in [2.45, 2.75) is 12.0 Å². The van der Waals surface area contributed by atoms with Crippen LogP contribution in [-0.2, 0) is 0 Å². The minimum absolute atomic E-state index is 0.296.